The minimum atomic E-state index is -1.56. The van der Waals surface area contributed by atoms with Crippen LogP contribution in [0.1, 0.15) is 51.4 Å². The van der Waals surface area contributed by atoms with E-state index in [1.807, 2.05) is 0 Å². The van der Waals surface area contributed by atoms with Gasteiger partial charge in [0, 0.05) is 12.7 Å². The molecule has 0 saturated heterocycles. The third-order valence-electron chi connectivity index (χ3n) is 2.66. The van der Waals surface area contributed by atoms with E-state index in [9.17, 15) is 4.79 Å². The molecular formula is C14H23Cl3O3. The molecule has 0 aliphatic heterocycles. The third-order valence-corrected chi connectivity index (χ3v) is 2.99. The molecule has 3 nitrogen and oxygen atoms in total. The van der Waals surface area contributed by atoms with Crippen molar-refractivity contribution in [1.29, 1.82) is 0 Å². The molecule has 0 aromatic rings. The first-order valence-corrected chi connectivity index (χ1v) is 8.10. The van der Waals surface area contributed by atoms with Gasteiger partial charge < -0.3 is 9.84 Å². The van der Waals surface area contributed by atoms with Gasteiger partial charge in [-0.25, -0.2) is 4.79 Å². The van der Waals surface area contributed by atoms with Crippen molar-refractivity contribution in [2.24, 2.45) is 0 Å². The predicted molar refractivity (Wildman–Crippen MR) is 84.4 cm³/mol. The van der Waals surface area contributed by atoms with Gasteiger partial charge in [-0.1, -0.05) is 73.0 Å². The van der Waals surface area contributed by atoms with Crippen molar-refractivity contribution in [3.63, 3.8) is 0 Å². The van der Waals surface area contributed by atoms with Gasteiger partial charge in [-0.2, -0.15) is 0 Å². The highest BCUT2D eigenvalue weighted by atomic mass is 35.6. The first-order chi connectivity index (χ1) is 9.45. The number of carbonyl (C=O) groups is 1. The van der Waals surface area contributed by atoms with E-state index in [0.29, 0.717) is 6.61 Å². The van der Waals surface area contributed by atoms with Crippen LogP contribution in [0.25, 0.3) is 0 Å². The molecule has 0 amide bonds. The van der Waals surface area contributed by atoms with Crippen molar-refractivity contribution in [1.82, 2.24) is 0 Å². The molecule has 20 heavy (non-hydrogen) atoms. The van der Waals surface area contributed by atoms with E-state index in [1.165, 1.54) is 25.3 Å². The zero-order chi connectivity index (χ0) is 15.3. The summed E-state index contributed by atoms with van der Waals surface area (Å²) in [7, 11) is 0. The average Bonchev–Trinajstić information content (AvgIpc) is 2.38. The Morgan fingerprint density at radius 3 is 2.10 bits per heavy atom. The SMILES string of the molecule is O=C(C=CCCCCCCCCCO)OCC(Cl)(Cl)Cl. The summed E-state index contributed by atoms with van der Waals surface area (Å²) < 4.78 is 3.19. The summed E-state index contributed by atoms with van der Waals surface area (Å²) in [4.78, 5) is 11.2. The number of halogens is 3. The molecule has 0 saturated carbocycles. The molecule has 0 aromatic heterocycles. The second-order valence-corrected chi connectivity index (χ2v) is 7.13. The summed E-state index contributed by atoms with van der Waals surface area (Å²) in [5.41, 5.74) is 0. The molecule has 1 N–H and O–H groups in total. The molecule has 0 fully saturated rings. The molecule has 0 rings (SSSR count). The number of carbonyl (C=O) groups excluding carboxylic acids is 1. The van der Waals surface area contributed by atoms with Gasteiger partial charge in [-0.05, 0) is 19.3 Å². The number of allylic oxidation sites excluding steroid dienone is 1. The van der Waals surface area contributed by atoms with Crippen molar-refractivity contribution in [3.05, 3.63) is 12.2 Å². The molecule has 6 heteroatoms. The Kier molecular flexibility index (Phi) is 12.8. The van der Waals surface area contributed by atoms with Gasteiger partial charge in [-0.3, -0.25) is 0 Å². The van der Waals surface area contributed by atoms with E-state index >= 15 is 0 Å². The Morgan fingerprint density at radius 1 is 1.00 bits per heavy atom. The van der Waals surface area contributed by atoms with Crippen LogP contribution in [-0.2, 0) is 9.53 Å². The van der Waals surface area contributed by atoms with Gasteiger partial charge >= 0.3 is 5.97 Å². The molecule has 0 aliphatic carbocycles. The smallest absolute Gasteiger partial charge is 0.330 e. The lowest BCUT2D eigenvalue weighted by molar-refractivity contribution is -0.137. The summed E-state index contributed by atoms with van der Waals surface area (Å²) in [6.45, 7) is 0.0495. The number of rotatable bonds is 11. The van der Waals surface area contributed by atoms with Crippen LogP contribution in [0.2, 0.25) is 0 Å². The largest absolute Gasteiger partial charge is 0.458 e. The van der Waals surface area contributed by atoms with Crippen LogP contribution < -0.4 is 0 Å². The number of unbranched alkanes of at least 4 members (excludes halogenated alkanes) is 7. The standard InChI is InChI=1S/C14H23Cl3O3/c15-14(16,17)12-20-13(19)10-8-6-4-2-1-3-5-7-9-11-18/h8,10,18H,1-7,9,11-12H2. The van der Waals surface area contributed by atoms with E-state index in [4.69, 9.17) is 44.6 Å². The minimum Gasteiger partial charge on any atom is -0.458 e. The first-order valence-electron chi connectivity index (χ1n) is 6.96. The number of hydrogen-bond donors (Lipinski definition) is 1. The van der Waals surface area contributed by atoms with Gasteiger partial charge in [-0.15, -0.1) is 0 Å². The van der Waals surface area contributed by atoms with Gasteiger partial charge in [0.1, 0.15) is 6.61 Å². The fourth-order valence-electron chi connectivity index (χ4n) is 1.64. The quantitative estimate of drug-likeness (QED) is 0.258. The Labute approximate surface area is 136 Å². The summed E-state index contributed by atoms with van der Waals surface area (Å²) in [6.07, 6.45) is 11.8. The lowest BCUT2D eigenvalue weighted by Gasteiger charge is -2.09. The Morgan fingerprint density at radius 2 is 1.55 bits per heavy atom. The third kappa shape index (κ3) is 16.1. The highest BCUT2D eigenvalue weighted by Gasteiger charge is 2.21. The molecule has 0 radical (unpaired) electrons. The lowest BCUT2D eigenvalue weighted by Crippen LogP contribution is -2.15. The van der Waals surface area contributed by atoms with Crippen molar-refractivity contribution >= 4 is 40.8 Å². The lowest BCUT2D eigenvalue weighted by atomic mass is 10.1. The maximum atomic E-state index is 11.2. The Hall–Kier alpha value is 0.0400. The average molecular weight is 346 g/mol. The maximum absolute atomic E-state index is 11.2. The van der Waals surface area contributed by atoms with Crippen LogP contribution in [-0.4, -0.2) is 28.1 Å². The van der Waals surface area contributed by atoms with Gasteiger partial charge in [0.25, 0.3) is 0 Å². The van der Waals surface area contributed by atoms with Crippen LogP contribution in [0.4, 0.5) is 0 Å². The van der Waals surface area contributed by atoms with Crippen molar-refractivity contribution < 1.29 is 14.6 Å². The number of ether oxygens (including phenoxy) is 1. The Balaban J connectivity index is 3.37. The van der Waals surface area contributed by atoms with Crippen LogP contribution in [0.3, 0.4) is 0 Å². The van der Waals surface area contributed by atoms with Crippen LogP contribution in [0, 0.1) is 0 Å². The second kappa shape index (κ2) is 12.8. The fourth-order valence-corrected chi connectivity index (χ4v) is 1.80. The van der Waals surface area contributed by atoms with Crippen molar-refractivity contribution in [2.75, 3.05) is 13.2 Å². The van der Waals surface area contributed by atoms with Gasteiger partial charge in [0.05, 0.1) is 0 Å². The number of aliphatic hydroxyl groups excluding tert-OH is 1. The summed E-state index contributed by atoms with van der Waals surface area (Å²) in [5, 5.41) is 8.63. The van der Waals surface area contributed by atoms with Gasteiger partial charge in [0.15, 0.2) is 0 Å². The summed E-state index contributed by atoms with van der Waals surface area (Å²) in [6, 6.07) is 0. The molecule has 0 aromatic carbocycles. The van der Waals surface area contributed by atoms with Gasteiger partial charge in [0.2, 0.25) is 3.79 Å². The van der Waals surface area contributed by atoms with E-state index in [0.717, 1.165) is 32.1 Å². The van der Waals surface area contributed by atoms with E-state index in [-0.39, 0.29) is 6.61 Å². The summed E-state index contributed by atoms with van der Waals surface area (Å²) >= 11 is 16.4. The number of aliphatic hydroxyl groups is 1. The maximum Gasteiger partial charge on any atom is 0.330 e. The highest BCUT2D eigenvalue weighted by Crippen LogP contribution is 2.25. The molecule has 0 atom stereocenters. The van der Waals surface area contributed by atoms with E-state index in [1.54, 1.807) is 6.08 Å². The first kappa shape index (κ1) is 20.0. The number of alkyl halides is 3. The topological polar surface area (TPSA) is 46.5 Å². The second-order valence-electron chi connectivity index (χ2n) is 4.61. The molecule has 0 heterocycles. The monoisotopic (exact) mass is 344 g/mol. The minimum absolute atomic E-state index is 0.241. The van der Waals surface area contributed by atoms with Crippen molar-refractivity contribution in [2.45, 2.75) is 55.2 Å². The van der Waals surface area contributed by atoms with E-state index in [2.05, 4.69) is 0 Å². The molecule has 0 bridgehead atoms. The molecule has 118 valence electrons. The number of esters is 1. The Bertz CT molecular complexity index is 275. The van der Waals surface area contributed by atoms with Crippen molar-refractivity contribution in [3.8, 4) is 0 Å². The van der Waals surface area contributed by atoms with Crippen LogP contribution >= 0.6 is 34.8 Å². The van der Waals surface area contributed by atoms with E-state index < -0.39 is 9.76 Å². The fraction of sp³-hybridized carbons (Fsp3) is 0.786. The van der Waals surface area contributed by atoms with Crippen LogP contribution in [0.5, 0.6) is 0 Å². The summed E-state index contributed by atoms with van der Waals surface area (Å²) in [5.74, 6) is -0.486. The number of hydrogen-bond acceptors (Lipinski definition) is 3. The molecular weight excluding hydrogens is 323 g/mol. The highest BCUT2D eigenvalue weighted by molar-refractivity contribution is 6.67. The molecule has 0 spiro atoms. The zero-order valence-electron chi connectivity index (χ0n) is 11.6. The molecule has 0 unspecified atom stereocenters. The zero-order valence-corrected chi connectivity index (χ0v) is 13.9. The normalized spacial score (nSPS) is 12.0. The van der Waals surface area contributed by atoms with Crippen LogP contribution in [0.15, 0.2) is 12.2 Å². The predicted octanol–water partition coefficient (Wildman–Crippen LogP) is 4.57. The molecule has 0 aliphatic rings.